The van der Waals surface area contributed by atoms with E-state index in [1.807, 2.05) is 25.1 Å². The van der Waals surface area contributed by atoms with E-state index in [-0.39, 0.29) is 18.0 Å². The predicted octanol–water partition coefficient (Wildman–Crippen LogP) is 4.69. The van der Waals surface area contributed by atoms with Crippen LogP contribution in [0.15, 0.2) is 46.9 Å². The Kier molecular flexibility index (Phi) is 5.95. The van der Waals surface area contributed by atoms with Gasteiger partial charge in [-0.3, -0.25) is 4.79 Å². The van der Waals surface area contributed by atoms with E-state index in [9.17, 15) is 9.18 Å². The maximum atomic E-state index is 13.4. The van der Waals surface area contributed by atoms with Crippen molar-refractivity contribution in [2.24, 2.45) is 0 Å². The summed E-state index contributed by atoms with van der Waals surface area (Å²) in [5.41, 5.74) is 1.35. The molecule has 0 heterocycles. The quantitative estimate of drug-likeness (QED) is 0.753. The fourth-order valence-electron chi connectivity index (χ4n) is 1.91. The van der Waals surface area contributed by atoms with Crippen molar-refractivity contribution in [2.75, 3.05) is 11.9 Å². The summed E-state index contributed by atoms with van der Waals surface area (Å²) in [4.78, 5) is 11.7. The molecule has 5 heteroatoms. The van der Waals surface area contributed by atoms with Gasteiger partial charge in [-0.05, 0) is 59.1 Å². The van der Waals surface area contributed by atoms with Gasteiger partial charge >= 0.3 is 0 Å². The van der Waals surface area contributed by atoms with Gasteiger partial charge in [0, 0.05) is 6.42 Å². The molecule has 2 rings (SSSR count). The van der Waals surface area contributed by atoms with Crippen LogP contribution in [0.4, 0.5) is 10.1 Å². The second-order valence-electron chi connectivity index (χ2n) is 4.91. The monoisotopic (exact) mass is 365 g/mol. The Morgan fingerprint density at radius 3 is 2.77 bits per heavy atom. The lowest BCUT2D eigenvalue weighted by Crippen LogP contribution is -2.13. The Bertz CT molecular complexity index is 661. The maximum Gasteiger partial charge on any atom is 0.224 e. The first-order valence-electron chi connectivity index (χ1n) is 6.99. The molecule has 116 valence electrons. The third-order valence-electron chi connectivity index (χ3n) is 3.04. The molecule has 22 heavy (non-hydrogen) atoms. The Morgan fingerprint density at radius 2 is 2.05 bits per heavy atom. The number of para-hydroxylation sites is 1. The molecule has 1 amide bonds. The summed E-state index contributed by atoms with van der Waals surface area (Å²) in [6, 6.07) is 11.9. The first-order valence-corrected chi connectivity index (χ1v) is 7.79. The van der Waals surface area contributed by atoms with Gasteiger partial charge in [0.2, 0.25) is 5.91 Å². The number of amides is 1. The van der Waals surface area contributed by atoms with E-state index in [0.29, 0.717) is 13.0 Å². The van der Waals surface area contributed by atoms with Crippen molar-refractivity contribution in [3.63, 3.8) is 0 Å². The second-order valence-corrected chi connectivity index (χ2v) is 5.77. The molecule has 0 aliphatic rings. The smallest absolute Gasteiger partial charge is 0.224 e. The minimum Gasteiger partial charge on any atom is -0.492 e. The van der Waals surface area contributed by atoms with Gasteiger partial charge in [0.25, 0.3) is 0 Å². The molecule has 2 aromatic carbocycles. The number of hydrogen-bond donors (Lipinski definition) is 1. The van der Waals surface area contributed by atoms with Crippen LogP contribution >= 0.6 is 15.9 Å². The Balaban J connectivity index is 1.74. The van der Waals surface area contributed by atoms with Crippen molar-refractivity contribution < 1.29 is 13.9 Å². The summed E-state index contributed by atoms with van der Waals surface area (Å²) in [5, 5.41) is 2.55. The standard InChI is InChI=1S/C17H17BrFNO2/c1-12-8-9-16(13(18)11-12)22-10-4-7-17(21)20-15-6-3-2-5-14(15)19/h2-3,5-6,8-9,11H,4,7,10H2,1H3,(H,20,21). The molecule has 3 nitrogen and oxygen atoms in total. The third kappa shape index (κ3) is 4.84. The zero-order valence-corrected chi connectivity index (χ0v) is 13.8. The summed E-state index contributed by atoms with van der Waals surface area (Å²) in [5.74, 6) is 0.0902. The minimum atomic E-state index is -0.435. The molecule has 0 atom stereocenters. The zero-order valence-electron chi connectivity index (χ0n) is 12.2. The van der Waals surface area contributed by atoms with Gasteiger partial charge in [-0.25, -0.2) is 4.39 Å². The molecule has 0 radical (unpaired) electrons. The highest BCUT2D eigenvalue weighted by Gasteiger charge is 2.07. The normalized spacial score (nSPS) is 10.3. The topological polar surface area (TPSA) is 38.3 Å². The zero-order chi connectivity index (χ0) is 15.9. The number of carbonyl (C=O) groups excluding carboxylic acids is 1. The summed E-state index contributed by atoms with van der Waals surface area (Å²) in [6.45, 7) is 2.42. The third-order valence-corrected chi connectivity index (χ3v) is 3.66. The van der Waals surface area contributed by atoms with Gasteiger partial charge in [0.15, 0.2) is 0 Å². The van der Waals surface area contributed by atoms with E-state index in [0.717, 1.165) is 15.8 Å². The molecule has 2 aromatic rings. The fraction of sp³-hybridized carbons (Fsp3) is 0.235. The van der Waals surface area contributed by atoms with Crippen LogP contribution in [-0.4, -0.2) is 12.5 Å². The van der Waals surface area contributed by atoms with Crippen molar-refractivity contribution in [1.29, 1.82) is 0 Å². The molecule has 0 bridgehead atoms. The van der Waals surface area contributed by atoms with E-state index in [2.05, 4.69) is 21.2 Å². The molecular weight excluding hydrogens is 349 g/mol. The molecular formula is C17H17BrFNO2. The number of carbonyl (C=O) groups is 1. The highest BCUT2D eigenvalue weighted by Crippen LogP contribution is 2.25. The van der Waals surface area contributed by atoms with Crippen LogP contribution in [0, 0.1) is 12.7 Å². The number of halogens is 2. The summed E-state index contributed by atoms with van der Waals surface area (Å²) in [7, 11) is 0. The van der Waals surface area contributed by atoms with Crippen LogP contribution in [0.2, 0.25) is 0 Å². The summed E-state index contributed by atoms with van der Waals surface area (Å²) >= 11 is 3.43. The number of benzene rings is 2. The van der Waals surface area contributed by atoms with Crippen LogP contribution in [0.25, 0.3) is 0 Å². The number of nitrogens with one attached hydrogen (secondary N) is 1. The second kappa shape index (κ2) is 7.94. The lowest BCUT2D eigenvalue weighted by Gasteiger charge is -2.09. The van der Waals surface area contributed by atoms with Crippen LogP contribution in [0.5, 0.6) is 5.75 Å². The molecule has 0 unspecified atom stereocenters. The van der Waals surface area contributed by atoms with Crippen LogP contribution in [-0.2, 0) is 4.79 Å². The number of anilines is 1. The number of ether oxygens (including phenoxy) is 1. The van der Waals surface area contributed by atoms with Gasteiger partial charge in [-0.2, -0.15) is 0 Å². The molecule has 0 fully saturated rings. The molecule has 0 saturated carbocycles. The van der Waals surface area contributed by atoms with Gasteiger partial charge in [-0.15, -0.1) is 0 Å². The molecule has 0 aliphatic carbocycles. The van der Waals surface area contributed by atoms with Crippen molar-refractivity contribution in [3.8, 4) is 5.75 Å². The fourth-order valence-corrected chi connectivity index (χ4v) is 2.52. The van der Waals surface area contributed by atoms with E-state index < -0.39 is 5.82 Å². The highest BCUT2D eigenvalue weighted by molar-refractivity contribution is 9.10. The largest absolute Gasteiger partial charge is 0.492 e. The van der Waals surface area contributed by atoms with Gasteiger partial charge in [0.1, 0.15) is 11.6 Å². The highest BCUT2D eigenvalue weighted by atomic mass is 79.9. The van der Waals surface area contributed by atoms with Crippen molar-refractivity contribution in [2.45, 2.75) is 19.8 Å². The van der Waals surface area contributed by atoms with E-state index in [4.69, 9.17) is 4.74 Å². The van der Waals surface area contributed by atoms with Crippen LogP contribution in [0.3, 0.4) is 0 Å². The number of rotatable bonds is 6. The molecule has 0 spiro atoms. The lowest BCUT2D eigenvalue weighted by molar-refractivity contribution is -0.116. The number of aryl methyl sites for hydroxylation is 1. The van der Waals surface area contributed by atoms with E-state index in [1.54, 1.807) is 12.1 Å². The van der Waals surface area contributed by atoms with Crippen LogP contribution < -0.4 is 10.1 Å². The Labute approximate surface area is 137 Å². The lowest BCUT2D eigenvalue weighted by atomic mass is 10.2. The minimum absolute atomic E-state index is 0.203. The van der Waals surface area contributed by atoms with Crippen molar-refractivity contribution in [3.05, 3.63) is 58.3 Å². The van der Waals surface area contributed by atoms with Gasteiger partial charge in [-0.1, -0.05) is 18.2 Å². The van der Waals surface area contributed by atoms with E-state index >= 15 is 0 Å². The molecule has 1 N–H and O–H groups in total. The van der Waals surface area contributed by atoms with E-state index in [1.165, 1.54) is 12.1 Å². The van der Waals surface area contributed by atoms with Crippen LogP contribution in [0.1, 0.15) is 18.4 Å². The first kappa shape index (κ1) is 16.5. The maximum absolute atomic E-state index is 13.4. The molecule has 0 aliphatic heterocycles. The predicted molar refractivity (Wildman–Crippen MR) is 88.6 cm³/mol. The van der Waals surface area contributed by atoms with Crippen molar-refractivity contribution >= 4 is 27.5 Å². The van der Waals surface area contributed by atoms with Crippen molar-refractivity contribution in [1.82, 2.24) is 0 Å². The SMILES string of the molecule is Cc1ccc(OCCCC(=O)Nc2ccccc2F)c(Br)c1. The number of hydrogen-bond acceptors (Lipinski definition) is 2. The molecule has 0 aromatic heterocycles. The average molecular weight is 366 g/mol. The van der Waals surface area contributed by atoms with Gasteiger partial charge < -0.3 is 10.1 Å². The van der Waals surface area contributed by atoms with Gasteiger partial charge in [0.05, 0.1) is 16.8 Å². The Hall–Kier alpha value is -1.88. The Morgan fingerprint density at radius 1 is 1.27 bits per heavy atom. The average Bonchev–Trinajstić information content (AvgIpc) is 2.48. The first-order chi connectivity index (χ1) is 10.6. The summed E-state index contributed by atoms with van der Waals surface area (Å²) < 4.78 is 19.9. The summed E-state index contributed by atoms with van der Waals surface area (Å²) in [6.07, 6.45) is 0.832. The molecule has 0 saturated heterocycles.